The first-order valence-electron chi connectivity index (χ1n) is 7.93. The number of hydrogen-bond donors (Lipinski definition) is 1. The van der Waals surface area contributed by atoms with E-state index in [0.29, 0.717) is 12.0 Å². The van der Waals surface area contributed by atoms with Crippen molar-refractivity contribution in [2.45, 2.75) is 52.5 Å². The van der Waals surface area contributed by atoms with Crippen LogP contribution in [0.4, 0.5) is 0 Å². The molecule has 3 nitrogen and oxygen atoms in total. The molecule has 1 aromatic carbocycles. The highest BCUT2D eigenvalue weighted by molar-refractivity contribution is 6.31. The Bertz CT molecular complexity index is 589. The summed E-state index contributed by atoms with van der Waals surface area (Å²) in [6, 6.07) is 6.33. The van der Waals surface area contributed by atoms with Crippen LogP contribution in [0.2, 0.25) is 5.02 Å². The summed E-state index contributed by atoms with van der Waals surface area (Å²) in [5.74, 6) is 1.86. The van der Waals surface area contributed by atoms with Gasteiger partial charge in [0.05, 0.1) is 11.0 Å². The number of benzene rings is 1. The van der Waals surface area contributed by atoms with E-state index in [2.05, 4.69) is 25.3 Å². The third kappa shape index (κ3) is 3.78. The Morgan fingerprint density at radius 2 is 2.05 bits per heavy atom. The lowest BCUT2D eigenvalue weighted by Gasteiger charge is -2.16. The average Bonchev–Trinajstić information content (AvgIpc) is 2.80. The zero-order chi connectivity index (χ0) is 15.4. The monoisotopic (exact) mass is 307 g/mol. The van der Waals surface area contributed by atoms with E-state index in [0.717, 1.165) is 47.7 Å². The molecule has 0 aliphatic rings. The lowest BCUT2D eigenvalue weighted by atomic mass is 9.96. The second kappa shape index (κ2) is 7.28. The fraction of sp³-hybridized carbons (Fsp3) is 0.588. The van der Waals surface area contributed by atoms with Crippen molar-refractivity contribution in [2.75, 3.05) is 6.54 Å². The van der Waals surface area contributed by atoms with Crippen LogP contribution in [0.3, 0.4) is 0 Å². The molecule has 0 saturated heterocycles. The molecule has 0 saturated carbocycles. The zero-order valence-electron chi connectivity index (χ0n) is 13.3. The molecule has 2 N–H and O–H groups in total. The van der Waals surface area contributed by atoms with E-state index in [-0.39, 0.29) is 0 Å². The number of nitrogens with two attached hydrogens (primary N) is 1. The number of fused-ring (bicyclic) bond motifs is 1. The highest BCUT2D eigenvalue weighted by atomic mass is 35.5. The topological polar surface area (TPSA) is 43.8 Å². The summed E-state index contributed by atoms with van der Waals surface area (Å²) in [5.41, 5.74) is 7.87. The van der Waals surface area contributed by atoms with Crippen molar-refractivity contribution >= 4 is 22.6 Å². The largest absolute Gasteiger partial charge is 0.330 e. The van der Waals surface area contributed by atoms with Gasteiger partial charge in [-0.25, -0.2) is 4.98 Å². The van der Waals surface area contributed by atoms with Gasteiger partial charge in [0.1, 0.15) is 5.82 Å². The molecular formula is C17H26ClN3. The third-order valence-electron chi connectivity index (χ3n) is 4.17. The molecule has 116 valence electrons. The van der Waals surface area contributed by atoms with Gasteiger partial charge in [0.25, 0.3) is 0 Å². The summed E-state index contributed by atoms with van der Waals surface area (Å²) < 4.78 is 2.32. The smallest absolute Gasteiger partial charge is 0.110 e. The van der Waals surface area contributed by atoms with Gasteiger partial charge >= 0.3 is 0 Å². The van der Waals surface area contributed by atoms with Crippen molar-refractivity contribution < 1.29 is 0 Å². The van der Waals surface area contributed by atoms with Crippen molar-refractivity contribution in [1.29, 1.82) is 0 Å². The van der Waals surface area contributed by atoms with Crippen LogP contribution in [0.25, 0.3) is 11.0 Å². The predicted octanol–water partition coefficient (Wildman–Crippen LogP) is 4.58. The van der Waals surface area contributed by atoms with Crippen LogP contribution in [-0.4, -0.2) is 16.1 Å². The molecule has 1 atom stereocenters. The number of imidazole rings is 1. The van der Waals surface area contributed by atoms with E-state index in [4.69, 9.17) is 22.3 Å². The first-order valence-corrected chi connectivity index (χ1v) is 8.31. The highest BCUT2D eigenvalue weighted by Crippen LogP contribution is 2.26. The van der Waals surface area contributed by atoms with Gasteiger partial charge in [0.15, 0.2) is 0 Å². The molecule has 0 aliphatic heterocycles. The zero-order valence-corrected chi connectivity index (χ0v) is 14.0. The minimum absolute atomic E-state index is 0.387. The Morgan fingerprint density at radius 3 is 2.67 bits per heavy atom. The Hall–Kier alpha value is -1.06. The minimum atomic E-state index is 0.387. The third-order valence-corrected chi connectivity index (χ3v) is 4.40. The Labute approximate surface area is 132 Å². The molecule has 2 rings (SSSR count). The fourth-order valence-electron chi connectivity index (χ4n) is 2.99. The molecular weight excluding hydrogens is 282 g/mol. The molecule has 1 aromatic heterocycles. The lowest BCUT2D eigenvalue weighted by molar-refractivity contribution is 0.432. The van der Waals surface area contributed by atoms with Crippen molar-refractivity contribution in [3.05, 3.63) is 29.0 Å². The average molecular weight is 308 g/mol. The summed E-state index contributed by atoms with van der Waals surface area (Å²) in [5, 5.41) is 0.769. The first kappa shape index (κ1) is 16.3. The van der Waals surface area contributed by atoms with Gasteiger partial charge in [0.2, 0.25) is 0 Å². The number of halogens is 1. The number of aryl methyl sites for hydroxylation is 1. The normalized spacial score (nSPS) is 13.2. The van der Waals surface area contributed by atoms with E-state index >= 15 is 0 Å². The van der Waals surface area contributed by atoms with E-state index in [1.54, 1.807) is 0 Å². The molecule has 4 heteroatoms. The molecule has 0 radical (unpaired) electrons. The van der Waals surface area contributed by atoms with Gasteiger partial charge in [-0.05, 0) is 57.4 Å². The predicted molar refractivity (Wildman–Crippen MR) is 90.9 cm³/mol. The van der Waals surface area contributed by atoms with E-state index in [1.165, 1.54) is 6.42 Å². The van der Waals surface area contributed by atoms with Gasteiger partial charge in [-0.15, -0.1) is 0 Å². The summed E-state index contributed by atoms with van der Waals surface area (Å²) in [7, 11) is 0. The Morgan fingerprint density at radius 1 is 1.29 bits per heavy atom. The quantitative estimate of drug-likeness (QED) is 0.813. The van der Waals surface area contributed by atoms with E-state index in [9.17, 15) is 0 Å². The Kier molecular flexibility index (Phi) is 5.65. The number of rotatable bonds is 7. The van der Waals surface area contributed by atoms with Crippen molar-refractivity contribution in [2.24, 2.45) is 11.7 Å². The van der Waals surface area contributed by atoms with Gasteiger partial charge in [-0.3, -0.25) is 0 Å². The summed E-state index contributed by atoms with van der Waals surface area (Å²) >= 11 is 6.14. The van der Waals surface area contributed by atoms with Gasteiger partial charge in [-0.1, -0.05) is 24.9 Å². The molecule has 21 heavy (non-hydrogen) atoms. The van der Waals surface area contributed by atoms with Crippen LogP contribution >= 0.6 is 11.6 Å². The summed E-state index contributed by atoms with van der Waals surface area (Å²) in [6.45, 7) is 7.41. The van der Waals surface area contributed by atoms with Crippen LogP contribution in [0.1, 0.15) is 51.9 Å². The van der Waals surface area contributed by atoms with Crippen LogP contribution < -0.4 is 5.73 Å². The maximum absolute atomic E-state index is 6.14. The first-order chi connectivity index (χ1) is 10.1. The van der Waals surface area contributed by atoms with Crippen LogP contribution in [0.5, 0.6) is 0 Å². The van der Waals surface area contributed by atoms with Crippen LogP contribution in [0.15, 0.2) is 18.2 Å². The second-order valence-electron chi connectivity index (χ2n) is 6.02. The minimum Gasteiger partial charge on any atom is -0.330 e. The summed E-state index contributed by atoms with van der Waals surface area (Å²) in [6.07, 6.45) is 4.44. The SMILES string of the molecule is CCC(CCN)CCc1nc2ccc(Cl)cc2n1C(C)C. The number of hydrogen-bond acceptors (Lipinski definition) is 2. The van der Waals surface area contributed by atoms with E-state index < -0.39 is 0 Å². The maximum atomic E-state index is 6.14. The molecule has 2 aromatic rings. The lowest BCUT2D eigenvalue weighted by Crippen LogP contribution is -2.12. The molecule has 0 amide bonds. The molecule has 0 fully saturated rings. The molecule has 0 bridgehead atoms. The van der Waals surface area contributed by atoms with Crippen molar-refractivity contribution in [3.8, 4) is 0 Å². The van der Waals surface area contributed by atoms with Gasteiger partial charge < -0.3 is 10.3 Å². The van der Waals surface area contributed by atoms with Crippen molar-refractivity contribution in [1.82, 2.24) is 9.55 Å². The second-order valence-corrected chi connectivity index (χ2v) is 6.45. The number of nitrogens with zero attached hydrogens (tertiary/aromatic N) is 2. The van der Waals surface area contributed by atoms with Crippen LogP contribution in [-0.2, 0) is 6.42 Å². The molecule has 0 aliphatic carbocycles. The van der Waals surface area contributed by atoms with Gasteiger partial charge in [0, 0.05) is 17.5 Å². The molecule has 1 heterocycles. The molecule has 0 spiro atoms. The van der Waals surface area contributed by atoms with E-state index in [1.807, 2.05) is 18.2 Å². The van der Waals surface area contributed by atoms with Gasteiger partial charge in [-0.2, -0.15) is 0 Å². The highest BCUT2D eigenvalue weighted by Gasteiger charge is 2.15. The standard InChI is InChI=1S/C17H26ClN3/c1-4-13(9-10-19)5-8-17-20-15-7-6-14(18)11-16(15)21(17)12(2)3/h6-7,11-13H,4-5,8-10,19H2,1-3H3. The maximum Gasteiger partial charge on any atom is 0.110 e. The fourth-order valence-corrected chi connectivity index (χ4v) is 3.16. The van der Waals surface area contributed by atoms with Crippen LogP contribution in [0, 0.1) is 5.92 Å². The Balaban J connectivity index is 2.28. The number of aromatic nitrogens is 2. The summed E-state index contributed by atoms with van der Waals surface area (Å²) in [4.78, 5) is 4.81. The molecule has 1 unspecified atom stereocenters. The van der Waals surface area contributed by atoms with Crippen molar-refractivity contribution in [3.63, 3.8) is 0 Å².